The summed E-state index contributed by atoms with van der Waals surface area (Å²) in [6.07, 6.45) is 2.64. The predicted octanol–water partition coefficient (Wildman–Crippen LogP) is 1.60. The van der Waals surface area contributed by atoms with Crippen LogP contribution < -0.4 is 11.2 Å². The van der Waals surface area contributed by atoms with Crippen molar-refractivity contribution in [3.63, 3.8) is 0 Å². The molecule has 0 saturated heterocycles. The maximum absolute atomic E-state index is 12.4. The maximum atomic E-state index is 12.4. The van der Waals surface area contributed by atoms with Gasteiger partial charge in [0.05, 0.1) is 6.33 Å². The molecule has 2 rings (SSSR count). The monoisotopic (exact) mass is 292 g/mol. The Morgan fingerprint density at radius 2 is 1.81 bits per heavy atom. The van der Waals surface area contributed by atoms with Crippen LogP contribution in [0.15, 0.2) is 15.9 Å². The lowest BCUT2D eigenvalue weighted by molar-refractivity contribution is 0.498. The second-order valence-electron chi connectivity index (χ2n) is 6.44. The molecule has 2 heterocycles. The van der Waals surface area contributed by atoms with Crippen LogP contribution in [0.5, 0.6) is 0 Å². The van der Waals surface area contributed by atoms with Gasteiger partial charge >= 0.3 is 5.69 Å². The summed E-state index contributed by atoms with van der Waals surface area (Å²) in [6.45, 7) is 9.67. The number of rotatable bonds is 5. The Kier molecular flexibility index (Phi) is 4.34. The Labute approximate surface area is 124 Å². The summed E-state index contributed by atoms with van der Waals surface area (Å²) in [5.74, 6) is 0.858. The molecule has 0 radical (unpaired) electrons. The normalized spacial score (nSPS) is 12.0. The third-order valence-corrected chi connectivity index (χ3v) is 3.59. The van der Waals surface area contributed by atoms with E-state index >= 15 is 0 Å². The van der Waals surface area contributed by atoms with Crippen LogP contribution in [0.1, 0.15) is 34.1 Å². The van der Waals surface area contributed by atoms with Crippen molar-refractivity contribution in [3.05, 3.63) is 27.2 Å². The van der Waals surface area contributed by atoms with Crippen molar-refractivity contribution in [3.8, 4) is 0 Å². The minimum absolute atomic E-state index is 0.267. The van der Waals surface area contributed by atoms with Gasteiger partial charge in [-0.1, -0.05) is 27.7 Å². The van der Waals surface area contributed by atoms with Crippen LogP contribution in [0, 0.1) is 11.8 Å². The average Bonchev–Trinajstić information content (AvgIpc) is 2.82. The van der Waals surface area contributed by atoms with Crippen molar-refractivity contribution >= 4 is 11.2 Å². The summed E-state index contributed by atoms with van der Waals surface area (Å²) in [5, 5.41) is 0. The van der Waals surface area contributed by atoms with E-state index in [0.717, 1.165) is 13.0 Å². The number of hydrogen-bond donors (Lipinski definition) is 0. The van der Waals surface area contributed by atoms with Crippen molar-refractivity contribution in [1.82, 2.24) is 18.7 Å². The van der Waals surface area contributed by atoms with E-state index in [-0.39, 0.29) is 11.2 Å². The fourth-order valence-corrected chi connectivity index (χ4v) is 2.40. The van der Waals surface area contributed by atoms with Crippen LogP contribution in [0.4, 0.5) is 0 Å². The van der Waals surface area contributed by atoms with E-state index in [1.54, 1.807) is 10.9 Å². The Morgan fingerprint density at radius 1 is 1.14 bits per heavy atom. The molecule has 116 valence electrons. The van der Waals surface area contributed by atoms with Gasteiger partial charge in [0.15, 0.2) is 11.2 Å². The van der Waals surface area contributed by atoms with Gasteiger partial charge in [-0.25, -0.2) is 9.78 Å². The summed E-state index contributed by atoms with van der Waals surface area (Å²) in [7, 11) is 1.53. The van der Waals surface area contributed by atoms with Crippen LogP contribution >= 0.6 is 0 Å². The fourth-order valence-electron chi connectivity index (χ4n) is 2.40. The van der Waals surface area contributed by atoms with Crippen LogP contribution in [-0.2, 0) is 20.1 Å². The SMILES string of the molecule is CC(C)CCn1cnc2c1c(=O)n(C)c(=O)n2CC(C)C. The molecule has 0 aromatic carbocycles. The zero-order valence-electron chi connectivity index (χ0n) is 13.5. The fraction of sp³-hybridized carbons (Fsp3) is 0.667. The zero-order valence-corrected chi connectivity index (χ0v) is 13.5. The Bertz CT molecular complexity index is 749. The van der Waals surface area contributed by atoms with Crippen molar-refractivity contribution in [2.24, 2.45) is 18.9 Å². The number of aromatic nitrogens is 4. The molecule has 0 atom stereocenters. The van der Waals surface area contributed by atoms with E-state index in [1.807, 2.05) is 18.4 Å². The minimum atomic E-state index is -0.296. The smallest absolute Gasteiger partial charge is 0.325 e. The Hall–Kier alpha value is -1.85. The molecule has 21 heavy (non-hydrogen) atoms. The van der Waals surface area contributed by atoms with E-state index in [0.29, 0.717) is 29.5 Å². The minimum Gasteiger partial charge on any atom is -0.325 e. The molecular weight excluding hydrogens is 268 g/mol. The molecule has 6 heteroatoms. The zero-order chi connectivity index (χ0) is 15.7. The molecule has 2 aromatic heterocycles. The predicted molar refractivity (Wildman–Crippen MR) is 83.5 cm³/mol. The average molecular weight is 292 g/mol. The second kappa shape index (κ2) is 5.87. The molecule has 0 spiro atoms. The maximum Gasteiger partial charge on any atom is 0.332 e. The summed E-state index contributed by atoms with van der Waals surface area (Å²) < 4.78 is 4.65. The highest BCUT2D eigenvalue weighted by Gasteiger charge is 2.16. The van der Waals surface area contributed by atoms with Crippen LogP contribution in [0.25, 0.3) is 11.2 Å². The van der Waals surface area contributed by atoms with Crippen molar-refractivity contribution in [1.29, 1.82) is 0 Å². The molecule has 0 aliphatic carbocycles. The first-order chi connectivity index (χ1) is 9.82. The summed E-state index contributed by atoms with van der Waals surface area (Å²) in [4.78, 5) is 29.0. The van der Waals surface area contributed by atoms with Gasteiger partial charge in [0.1, 0.15) is 0 Å². The third-order valence-electron chi connectivity index (χ3n) is 3.59. The first kappa shape index (κ1) is 15.5. The molecule has 0 amide bonds. The molecule has 0 bridgehead atoms. The number of aryl methyl sites for hydroxylation is 1. The summed E-state index contributed by atoms with van der Waals surface area (Å²) in [6, 6.07) is 0. The van der Waals surface area contributed by atoms with Crippen molar-refractivity contribution < 1.29 is 0 Å². The second-order valence-corrected chi connectivity index (χ2v) is 6.44. The first-order valence-corrected chi connectivity index (χ1v) is 7.47. The summed E-state index contributed by atoms with van der Waals surface area (Å²) >= 11 is 0. The highest BCUT2D eigenvalue weighted by Crippen LogP contribution is 2.11. The summed E-state index contributed by atoms with van der Waals surface area (Å²) in [5.41, 5.74) is 0.463. The van der Waals surface area contributed by atoms with Gasteiger partial charge in [-0.05, 0) is 18.3 Å². The molecule has 0 N–H and O–H groups in total. The molecule has 0 aliphatic heterocycles. The molecule has 0 aliphatic rings. The molecular formula is C15H24N4O2. The molecule has 6 nitrogen and oxygen atoms in total. The quantitative estimate of drug-likeness (QED) is 0.841. The molecule has 2 aromatic rings. The van der Waals surface area contributed by atoms with Crippen molar-refractivity contribution in [2.75, 3.05) is 0 Å². The van der Waals surface area contributed by atoms with Crippen LogP contribution in [-0.4, -0.2) is 18.7 Å². The number of nitrogens with zero attached hydrogens (tertiary/aromatic N) is 4. The standard InChI is InChI=1S/C15H24N4O2/c1-10(2)6-7-18-9-16-13-12(18)14(20)17(5)15(21)19(13)8-11(3)4/h9-11H,6-8H2,1-5H3. The lowest BCUT2D eigenvalue weighted by Crippen LogP contribution is -2.39. The lowest BCUT2D eigenvalue weighted by atomic mass is 10.1. The van der Waals surface area contributed by atoms with Gasteiger partial charge in [-0.2, -0.15) is 0 Å². The lowest BCUT2D eigenvalue weighted by Gasteiger charge is -2.12. The van der Waals surface area contributed by atoms with Gasteiger partial charge in [-0.15, -0.1) is 0 Å². The van der Waals surface area contributed by atoms with Crippen LogP contribution in [0.2, 0.25) is 0 Å². The van der Waals surface area contributed by atoms with E-state index in [9.17, 15) is 9.59 Å². The number of fused-ring (bicyclic) bond motifs is 1. The van der Waals surface area contributed by atoms with Gasteiger partial charge < -0.3 is 4.57 Å². The molecule has 0 saturated carbocycles. The number of hydrogen-bond acceptors (Lipinski definition) is 3. The van der Waals surface area contributed by atoms with E-state index in [1.165, 1.54) is 11.6 Å². The Balaban J connectivity index is 2.65. The van der Waals surface area contributed by atoms with E-state index < -0.39 is 0 Å². The highest BCUT2D eigenvalue weighted by molar-refractivity contribution is 5.70. The van der Waals surface area contributed by atoms with Gasteiger partial charge in [0, 0.05) is 20.1 Å². The van der Waals surface area contributed by atoms with E-state index in [4.69, 9.17) is 0 Å². The first-order valence-electron chi connectivity index (χ1n) is 7.47. The Morgan fingerprint density at radius 3 is 2.38 bits per heavy atom. The van der Waals surface area contributed by atoms with Gasteiger partial charge in [0.25, 0.3) is 5.56 Å². The molecule has 0 unspecified atom stereocenters. The van der Waals surface area contributed by atoms with Crippen LogP contribution in [0.3, 0.4) is 0 Å². The largest absolute Gasteiger partial charge is 0.332 e. The molecule has 0 fully saturated rings. The highest BCUT2D eigenvalue weighted by atomic mass is 16.2. The van der Waals surface area contributed by atoms with E-state index in [2.05, 4.69) is 18.8 Å². The third kappa shape index (κ3) is 2.94. The van der Waals surface area contributed by atoms with Gasteiger partial charge in [0.2, 0.25) is 0 Å². The van der Waals surface area contributed by atoms with Gasteiger partial charge in [-0.3, -0.25) is 13.9 Å². The van der Waals surface area contributed by atoms with Crippen molar-refractivity contribution in [2.45, 2.75) is 47.2 Å². The topological polar surface area (TPSA) is 61.8 Å². The number of imidazole rings is 1.